The van der Waals surface area contributed by atoms with Crippen LogP contribution in [-0.2, 0) is 13.1 Å². The molecule has 0 saturated heterocycles. The molecule has 2 aromatic rings. The van der Waals surface area contributed by atoms with Crippen LogP contribution >= 0.6 is 0 Å². The topological polar surface area (TPSA) is 118 Å². The minimum absolute atomic E-state index is 0.106. The first kappa shape index (κ1) is 24.2. The van der Waals surface area contributed by atoms with Crippen molar-refractivity contribution in [3.8, 4) is 0 Å². The molecule has 10 nitrogen and oxygen atoms in total. The highest BCUT2D eigenvalue weighted by molar-refractivity contribution is 5.74. The predicted octanol–water partition coefficient (Wildman–Crippen LogP) is 2.11. The van der Waals surface area contributed by atoms with Gasteiger partial charge in [0.1, 0.15) is 0 Å². The van der Waals surface area contributed by atoms with Gasteiger partial charge in [-0.2, -0.15) is 0 Å². The van der Waals surface area contributed by atoms with Crippen LogP contribution in [0, 0.1) is 0 Å². The monoisotopic (exact) mass is 432 g/mol. The fraction of sp³-hybridized carbons (Fsp3) is 0.619. The number of aryl methyl sites for hydroxylation is 2. The Hall–Kier alpha value is -3.04. The standard InChI is InChI=1S/C21H36N8O2/c30-20(26-10-6-14-28-16-12-22-18-28)24-8-4-2-1-3-5-9-25-21(31)27-11-7-15-29-17-13-23-19-29/h12-13,16-19H,1-11,14-15H2,(H2,24,26,30)(H2,25,27,31). The van der Waals surface area contributed by atoms with Crippen molar-refractivity contribution in [1.29, 1.82) is 0 Å². The quantitative estimate of drug-likeness (QED) is 0.304. The smallest absolute Gasteiger partial charge is 0.314 e. The Kier molecular flexibility index (Phi) is 12.3. The second-order valence-electron chi connectivity index (χ2n) is 7.44. The summed E-state index contributed by atoms with van der Waals surface area (Å²) < 4.78 is 3.98. The Bertz CT molecular complexity index is 643. The van der Waals surface area contributed by atoms with E-state index in [4.69, 9.17) is 0 Å². The molecule has 10 heteroatoms. The first-order chi connectivity index (χ1) is 15.2. The minimum atomic E-state index is -0.106. The average molecular weight is 433 g/mol. The molecule has 0 spiro atoms. The van der Waals surface area contributed by atoms with Gasteiger partial charge < -0.3 is 30.4 Å². The van der Waals surface area contributed by atoms with Crippen LogP contribution in [0.2, 0.25) is 0 Å². The van der Waals surface area contributed by atoms with E-state index >= 15 is 0 Å². The summed E-state index contributed by atoms with van der Waals surface area (Å²) in [4.78, 5) is 31.4. The van der Waals surface area contributed by atoms with E-state index in [0.717, 1.165) is 58.0 Å². The van der Waals surface area contributed by atoms with Crippen LogP contribution in [0.1, 0.15) is 44.9 Å². The highest BCUT2D eigenvalue weighted by Crippen LogP contribution is 2.01. The molecule has 0 aromatic carbocycles. The van der Waals surface area contributed by atoms with Gasteiger partial charge >= 0.3 is 12.1 Å². The van der Waals surface area contributed by atoms with Crippen LogP contribution in [0.5, 0.6) is 0 Å². The summed E-state index contributed by atoms with van der Waals surface area (Å²) in [5, 5.41) is 11.5. The maximum absolute atomic E-state index is 11.7. The molecular weight excluding hydrogens is 396 g/mol. The summed E-state index contributed by atoms with van der Waals surface area (Å²) in [6.07, 6.45) is 17.8. The Labute approximate surface area is 184 Å². The molecule has 2 aromatic heterocycles. The van der Waals surface area contributed by atoms with Gasteiger partial charge in [-0.1, -0.05) is 19.3 Å². The molecule has 4 N–H and O–H groups in total. The highest BCUT2D eigenvalue weighted by atomic mass is 16.2. The van der Waals surface area contributed by atoms with Crippen molar-refractivity contribution in [2.24, 2.45) is 0 Å². The number of aromatic nitrogens is 4. The zero-order chi connectivity index (χ0) is 22.0. The number of unbranched alkanes of at least 4 members (excludes halogenated alkanes) is 4. The lowest BCUT2D eigenvalue weighted by molar-refractivity contribution is 0.239. The van der Waals surface area contributed by atoms with Crippen LogP contribution in [0.3, 0.4) is 0 Å². The van der Waals surface area contributed by atoms with E-state index in [2.05, 4.69) is 31.2 Å². The zero-order valence-corrected chi connectivity index (χ0v) is 18.3. The Morgan fingerprint density at radius 2 is 0.968 bits per heavy atom. The summed E-state index contributed by atoms with van der Waals surface area (Å²) >= 11 is 0. The molecular formula is C21H36N8O2. The van der Waals surface area contributed by atoms with Crippen LogP contribution < -0.4 is 21.3 Å². The van der Waals surface area contributed by atoms with Gasteiger partial charge in [0.25, 0.3) is 0 Å². The molecule has 0 bridgehead atoms. The van der Waals surface area contributed by atoms with E-state index in [-0.39, 0.29) is 12.1 Å². The predicted molar refractivity (Wildman–Crippen MR) is 120 cm³/mol. The molecule has 2 rings (SSSR count). The molecule has 4 amide bonds. The van der Waals surface area contributed by atoms with Crippen molar-refractivity contribution < 1.29 is 9.59 Å². The lowest BCUT2D eigenvalue weighted by atomic mass is 10.1. The molecule has 0 radical (unpaired) electrons. The average Bonchev–Trinajstić information content (AvgIpc) is 3.47. The molecule has 0 aliphatic heterocycles. The van der Waals surface area contributed by atoms with Gasteiger partial charge in [-0.15, -0.1) is 0 Å². The number of hydrogen-bond acceptors (Lipinski definition) is 4. The van der Waals surface area contributed by atoms with Crippen molar-refractivity contribution in [2.75, 3.05) is 26.2 Å². The highest BCUT2D eigenvalue weighted by Gasteiger charge is 2.00. The van der Waals surface area contributed by atoms with E-state index in [1.54, 1.807) is 25.0 Å². The zero-order valence-electron chi connectivity index (χ0n) is 18.3. The minimum Gasteiger partial charge on any atom is -0.338 e. The number of nitrogens with one attached hydrogen (secondary N) is 4. The van der Waals surface area contributed by atoms with Gasteiger partial charge in [-0.3, -0.25) is 0 Å². The van der Waals surface area contributed by atoms with E-state index in [0.29, 0.717) is 26.2 Å². The van der Waals surface area contributed by atoms with E-state index in [1.807, 2.05) is 21.5 Å². The third-order valence-corrected chi connectivity index (χ3v) is 4.80. The second kappa shape index (κ2) is 15.8. The fourth-order valence-corrected chi connectivity index (χ4v) is 3.07. The van der Waals surface area contributed by atoms with Gasteiger partial charge in [0.05, 0.1) is 12.7 Å². The first-order valence-electron chi connectivity index (χ1n) is 11.2. The summed E-state index contributed by atoms with van der Waals surface area (Å²) in [6.45, 7) is 4.37. The van der Waals surface area contributed by atoms with Crippen molar-refractivity contribution >= 4 is 12.1 Å². The third-order valence-electron chi connectivity index (χ3n) is 4.80. The third kappa shape index (κ3) is 12.3. The van der Waals surface area contributed by atoms with Gasteiger partial charge in [0.2, 0.25) is 0 Å². The number of imidazole rings is 2. The molecule has 0 aliphatic carbocycles. The largest absolute Gasteiger partial charge is 0.338 e. The van der Waals surface area contributed by atoms with E-state index < -0.39 is 0 Å². The summed E-state index contributed by atoms with van der Waals surface area (Å²) in [5.74, 6) is 0. The number of urea groups is 2. The maximum atomic E-state index is 11.7. The van der Waals surface area contributed by atoms with Gasteiger partial charge in [-0.05, 0) is 25.7 Å². The lowest BCUT2D eigenvalue weighted by Gasteiger charge is -2.09. The Morgan fingerprint density at radius 3 is 1.35 bits per heavy atom. The summed E-state index contributed by atoms with van der Waals surface area (Å²) in [7, 11) is 0. The number of carbonyl (C=O) groups is 2. The number of nitrogens with zero attached hydrogens (tertiary/aromatic N) is 4. The van der Waals surface area contributed by atoms with Crippen molar-refractivity contribution in [3.63, 3.8) is 0 Å². The molecule has 2 heterocycles. The molecule has 172 valence electrons. The van der Waals surface area contributed by atoms with Crippen LogP contribution in [0.25, 0.3) is 0 Å². The fourth-order valence-electron chi connectivity index (χ4n) is 3.07. The summed E-state index contributed by atoms with van der Waals surface area (Å²) in [6, 6.07) is -0.211. The van der Waals surface area contributed by atoms with Crippen LogP contribution in [0.15, 0.2) is 37.4 Å². The summed E-state index contributed by atoms with van der Waals surface area (Å²) in [5.41, 5.74) is 0. The molecule has 0 atom stereocenters. The number of hydrogen-bond donors (Lipinski definition) is 4. The Morgan fingerprint density at radius 1 is 0.581 bits per heavy atom. The number of rotatable bonds is 16. The van der Waals surface area contributed by atoms with Crippen LogP contribution in [-0.4, -0.2) is 57.3 Å². The van der Waals surface area contributed by atoms with E-state index in [1.165, 1.54) is 0 Å². The van der Waals surface area contributed by atoms with Crippen molar-refractivity contribution in [3.05, 3.63) is 37.4 Å². The SMILES string of the molecule is O=C(NCCCCCCCNC(=O)NCCCn1ccnc1)NCCCn1ccnc1. The molecule has 0 fully saturated rings. The van der Waals surface area contributed by atoms with E-state index in [9.17, 15) is 9.59 Å². The van der Waals surface area contributed by atoms with Crippen molar-refractivity contribution in [2.45, 2.75) is 58.0 Å². The first-order valence-corrected chi connectivity index (χ1v) is 11.2. The molecule has 31 heavy (non-hydrogen) atoms. The maximum Gasteiger partial charge on any atom is 0.314 e. The van der Waals surface area contributed by atoms with Gasteiger partial charge in [0.15, 0.2) is 0 Å². The lowest BCUT2D eigenvalue weighted by Crippen LogP contribution is -2.36. The molecule has 0 aliphatic rings. The number of carbonyl (C=O) groups excluding carboxylic acids is 2. The normalized spacial score (nSPS) is 10.6. The molecule has 0 saturated carbocycles. The molecule has 0 unspecified atom stereocenters. The second-order valence-corrected chi connectivity index (χ2v) is 7.44. The van der Waals surface area contributed by atoms with Crippen LogP contribution in [0.4, 0.5) is 9.59 Å². The van der Waals surface area contributed by atoms with Gasteiger partial charge in [0, 0.05) is 64.1 Å². The number of amides is 4. The van der Waals surface area contributed by atoms with Crippen molar-refractivity contribution in [1.82, 2.24) is 40.4 Å². The Balaban J connectivity index is 1.29. The van der Waals surface area contributed by atoms with Gasteiger partial charge in [-0.25, -0.2) is 19.6 Å².